The highest BCUT2D eigenvalue weighted by Gasteiger charge is 2.26. The van der Waals surface area contributed by atoms with Gasteiger partial charge in [-0.2, -0.15) is 5.26 Å². The van der Waals surface area contributed by atoms with E-state index >= 15 is 0 Å². The number of sulfonamides is 1. The Bertz CT molecular complexity index is 1580. The van der Waals surface area contributed by atoms with Crippen molar-refractivity contribution >= 4 is 27.3 Å². The van der Waals surface area contributed by atoms with Crippen molar-refractivity contribution in [1.82, 2.24) is 9.80 Å². The van der Waals surface area contributed by atoms with Crippen molar-refractivity contribution in [3.05, 3.63) is 88.5 Å². The average molecular weight is 573 g/mol. The summed E-state index contributed by atoms with van der Waals surface area (Å²) in [5.41, 5.74) is 6.20. The Balaban J connectivity index is 1.24. The minimum Gasteiger partial charge on any atom is -0.368 e. The molecule has 0 radical (unpaired) electrons. The lowest BCUT2D eigenvalue weighted by Crippen LogP contribution is -2.49. The largest absolute Gasteiger partial charge is 0.368 e. The van der Waals surface area contributed by atoms with Gasteiger partial charge in [0.1, 0.15) is 11.0 Å². The molecule has 2 heterocycles. The molecule has 0 spiro atoms. The fourth-order valence-electron chi connectivity index (χ4n) is 5.81. The zero-order valence-electron chi connectivity index (χ0n) is 23.6. The number of aryl methyl sites for hydroxylation is 2. The topological polar surface area (TPSA) is 114 Å². The van der Waals surface area contributed by atoms with Crippen LogP contribution in [-0.4, -0.2) is 76.5 Å². The smallest absolute Gasteiger partial charge is 0.254 e. The van der Waals surface area contributed by atoms with E-state index in [1.165, 1.54) is 0 Å². The summed E-state index contributed by atoms with van der Waals surface area (Å²) in [5, 5.41) is 14.9. The van der Waals surface area contributed by atoms with Crippen LogP contribution in [0.15, 0.2) is 65.6 Å². The van der Waals surface area contributed by atoms with Gasteiger partial charge in [0.25, 0.3) is 5.91 Å². The summed E-state index contributed by atoms with van der Waals surface area (Å²) in [6, 6.07) is 20.9. The van der Waals surface area contributed by atoms with Crippen molar-refractivity contribution in [3.8, 4) is 6.07 Å². The molecule has 2 saturated heterocycles. The minimum atomic E-state index is -3.80. The zero-order chi connectivity index (χ0) is 29.1. The van der Waals surface area contributed by atoms with Crippen LogP contribution in [0.2, 0.25) is 0 Å². The number of hydrogen-bond donors (Lipinski definition) is 1. The second-order valence-corrected chi connectivity index (χ2v) is 12.3. The predicted molar refractivity (Wildman–Crippen MR) is 160 cm³/mol. The molecular weight excluding hydrogens is 536 g/mol. The quantitative estimate of drug-likeness (QED) is 0.483. The summed E-state index contributed by atoms with van der Waals surface area (Å²) in [4.78, 5) is 22.3. The Kier molecular flexibility index (Phi) is 8.31. The molecule has 9 nitrogen and oxygen atoms in total. The van der Waals surface area contributed by atoms with Gasteiger partial charge in [0.05, 0.1) is 16.9 Å². The zero-order valence-corrected chi connectivity index (χ0v) is 24.4. The predicted octanol–water partition coefficient (Wildman–Crippen LogP) is 3.11. The summed E-state index contributed by atoms with van der Waals surface area (Å²) in [5.74, 6) is 0.0430. The van der Waals surface area contributed by atoms with Crippen LogP contribution in [0, 0.1) is 25.2 Å². The molecule has 0 unspecified atom stereocenters. The fraction of sp³-hybridized carbons (Fsp3) is 0.355. The second kappa shape index (κ2) is 11.9. The molecule has 2 N–H and O–H groups in total. The van der Waals surface area contributed by atoms with Gasteiger partial charge < -0.3 is 14.7 Å². The lowest BCUT2D eigenvalue weighted by atomic mass is 9.98. The van der Waals surface area contributed by atoms with Gasteiger partial charge in [-0.25, -0.2) is 13.6 Å². The number of carbonyl (C=O) groups is 1. The third kappa shape index (κ3) is 6.22. The van der Waals surface area contributed by atoms with E-state index in [1.807, 2.05) is 48.2 Å². The van der Waals surface area contributed by atoms with Crippen LogP contribution in [0.25, 0.3) is 0 Å². The molecule has 10 heteroatoms. The number of nitrogens with two attached hydrogens (primary N) is 1. The first-order chi connectivity index (χ1) is 19.7. The fourth-order valence-corrected chi connectivity index (χ4v) is 6.57. The van der Waals surface area contributed by atoms with Gasteiger partial charge in [-0.3, -0.25) is 9.69 Å². The Morgan fingerprint density at radius 3 is 2.07 bits per heavy atom. The van der Waals surface area contributed by atoms with E-state index in [2.05, 4.69) is 33.8 Å². The van der Waals surface area contributed by atoms with Gasteiger partial charge in [0.2, 0.25) is 10.0 Å². The Hall–Kier alpha value is -3.91. The van der Waals surface area contributed by atoms with Gasteiger partial charge in [-0.1, -0.05) is 30.3 Å². The van der Waals surface area contributed by atoms with Crippen LogP contribution in [0.3, 0.4) is 0 Å². The van der Waals surface area contributed by atoms with Crippen molar-refractivity contribution in [2.24, 2.45) is 5.14 Å². The van der Waals surface area contributed by atoms with Crippen molar-refractivity contribution in [2.45, 2.75) is 25.3 Å². The Morgan fingerprint density at radius 2 is 1.41 bits per heavy atom. The van der Waals surface area contributed by atoms with Gasteiger partial charge in [0, 0.05) is 64.5 Å². The molecule has 0 aliphatic carbocycles. The first kappa shape index (κ1) is 28.6. The molecule has 2 fully saturated rings. The summed E-state index contributed by atoms with van der Waals surface area (Å²) in [6.45, 7) is 10.3. The molecular formula is C31H36N6O3S. The highest BCUT2D eigenvalue weighted by atomic mass is 32.2. The molecule has 3 aromatic rings. The molecule has 2 aliphatic rings. The number of anilines is 2. The number of nitriles is 1. The number of amides is 1. The van der Waals surface area contributed by atoms with Crippen LogP contribution in [0.5, 0.6) is 0 Å². The molecule has 3 aromatic carbocycles. The molecule has 1 amide bonds. The standard InChI is InChI=1S/C31H36N6O3S/c1-23-19-24(2)27(31(38)37-17-15-35(16-18-37)28-8-4-3-7-25(28)21-32)20-26(23)22-34-11-13-36(14-12-34)29-9-5-6-10-30(29)41(33,39)40/h3-10,19-20H,11-18,22H2,1-2H3,(H2,33,39,40). The minimum absolute atomic E-state index is 0.0430. The molecule has 0 aromatic heterocycles. The van der Waals surface area contributed by atoms with Crippen molar-refractivity contribution in [3.63, 3.8) is 0 Å². The second-order valence-electron chi connectivity index (χ2n) is 10.8. The van der Waals surface area contributed by atoms with Gasteiger partial charge in [-0.15, -0.1) is 0 Å². The summed E-state index contributed by atoms with van der Waals surface area (Å²) in [6.07, 6.45) is 0. The maximum atomic E-state index is 13.6. The number of piperazine rings is 2. The molecule has 214 valence electrons. The van der Waals surface area contributed by atoms with Crippen LogP contribution in [-0.2, 0) is 16.6 Å². The normalized spacial score (nSPS) is 16.5. The maximum absolute atomic E-state index is 13.6. The molecule has 0 bridgehead atoms. The first-order valence-electron chi connectivity index (χ1n) is 13.9. The lowest BCUT2D eigenvalue weighted by Gasteiger charge is -2.37. The number of nitrogens with zero attached hydrogens (tertiary/aromatic N) is 5. The van der Waals surface area contributed by atoms with E-state index in [-0.39, 0.29) is 10.8 Å². The Labute approximate surface area is 242 Å². The Morgan fingerprint density at radius 1 is 0.829 bits per heavy atom. The molecule has 41 heavy (non-hydrogen) atoms. The van der Waals surface area contributed by atoms with Crippen molar-refractivity contribution < 1.29 is 13.2 Å². The van der Waals surface area contributed by atoms with Gasteiger partial charge in [0.15, 0.2) is 0 Å². The third-order valence-corrected chi connectivity index (χ3v) is 9.08. The van der Waals surface area contributed by atoms with E-state index in [0.29, 0.717) is 50.5 Å². The number of carbonyl (C=O) groups excluding carboxylic acids is 1. The lowest BCUT2D eigenvalue weighted by molar-refractivity contribution is 0.0745. The first-order valence-corrected chi connectivity index (χ1v) is 15.4. The maximum Gasteiger partial charge on any atom is 0.254 e. The number of primary sulfonamides is 1. The van der Waals surface area contributed by atoms with Gasteiger partial charge >= 0.3 is 0 Å². The number of hydrogen-bond acceptors (Lipinski definition) is 7. The van der Waals surface area contributed by atoms with Crippen LogP contribution in [0.4, 0.5) is 11.4 Å². The van der Waals surface area contributed by atoms with Crippen molar-refractivity contribution in [1.29, 1.82) is 5.26 Å². The van der Waals surface area contributed by atoms with E-state index in [0.717, 1.165) is 47.6 Å². The monoisotopic (exact) mass is 572 g/mol. The number of benzene rings is 3. The van der Waals surface area contributed by atoms with E-state index in [9.17, 15) is 18.5 Å². The third-order valence-electron chi connectivity index (χ3n) is 8.12. The van der Waals surface area contributed by atoms with Crippen LogP contribution >= 0.6 is 0 Å². The molecule has 0 saturated carbocycles. The summed E-state index contributed by atoms with van der Waals surface area (Å²) in [7, 11) is -3.80. The van der Waals surface area contributed by atoms with Crippen LogP contribution in [0.1, 0.15) is 32.6 Å². The molecule has 0 atom stereocenters. The van der Waals surface area contributed by atoms with E-state index in [4.69, 9.17) is 5.14 Å². The highest BCUT2D eigenvalue weighted by Crippen LogP contribution is 2.27. The molecule has 5 rings (SSSR count). The summed E-state index contributed by atoms with van der Waals surface area (Å²) >= 11 is 0. The number of para-hydroxylation sites is 2. The van der Waals surface area contributed by atoms with Crippen LogP contribution < -0.4 is 14.9 Å². The van der Waals surface area contributed by atoms with Gasteiger partial charge in [-0.05, 0) is 60.9 Å². The average Bonchev–Trinajstić information content (AvgIpc) is 2.98. The SMILES string of the molecule is Cc1cc(C)c(C(=O)N2CCN(c3ccccc3C#N)CC2)cc1CN1CCN(c2ccccc2S(N)(=O)=O)CC1. The van der Waals surface area contributed by atoms with E-state index < -0.39 is 10.0 Å². The molecule has 2 aliphatic heterocycles. The van der Waals surface area contributed by atoms with Crippen molar-refractivity contribution in [2.75, 3.05) is 62.2 Å². The summed E-state index contributed by atoms with van der Waals surface area (Å²) < 4.78 is 24.1. The number of rotatable bonds is 6. The highest BCUT2D eigenvalue weighted by molar-refractivity contribution is 7.89. The van der Waals surface area contributed by atoms with E-state index in [1.54, 1.807) is 18.2 Å².